The Bertz CT molecular complexity index is 949. The topological polar surface area (TPSA) is 65.2 Å². The number of carbonyl (C=O) groups is 2. The second-order valence-electron chi connectivity index (χ2n) is 5.87. The van der Waals surface area contributed by atoms with Crippen molar-refractivity contribution in [2.24, 2.45) is 0 Å². The molecular weight excluding hydrogens is 338 g/mol. The summed E-state index contributed by atoms with van der Waals surface area (Å²) in [5, 5.41) is 4.22. The molecule has 0 aliphatic heterocycles. The molecule has 0 unspecified atom stereocenters. The number of aromatic nitrogens is 1. The second kappa shape index (κ2) is 6.99. The standard InChI is InChI=1S/C19H18ClN3O2/c1-12-15(20)7-5-9-16(12)22-18(24)11-23(2)19(25)14-10-21-17-8-4-3-6-13(14)17/h3-10,21H,11H2,1-2H3,(H,22,24). The molecule has 1 aromatic heterocycles. The molecule has 1 heterocycles. The van der Waals surface area contributed by atoms with E-state index in [4.69, 9.17) is 11.6 Å². The van der Waals surface area contributed by atoms with Crippen molar-refractivity contribution in [1.82, 2.24) is 9.88 Å². The van der Waals surface area contributed by atoms with Crippen LogP contribution in [0.4, 0.5) is 5.69 Å². The molecule has 0 bridgehead atoms. The molecule has 0 radical (unpaired) electrons. The lowest BCUT2D eigenvalue weighted by Crippen LogP contribution is -2.35. The predicted molar refractivity (Wildman–Crippen MR) is 100 cm³/mol. The molecule has 5 nitrogen and oxygen atoms in total. The van der Waals surface area contributed by atoms with E-state index in [-0.39, 0.29) is 18.4 Å². The number of fused-ring (bicyclic) bond motifs is 1. The van der Waals surface area contributed by atoms with Gasteiger partial charge in [0.25, 0.3) is 5.91 Å². The maximum absolute atomic E-state index is 12.6. The number of nitrogens with one attached hydrogen (secondary N) is 2. The first-order valence-corrected chi connectivity index (χ1v) is 8.21. The summed E-state index contributed by atoms with van der Waals surface area (Å²) in [4.78, 5) is 29.4. The zero-order valence-corrected chi connectivity index (χ0v) is 14.7. The molecule has 6 heteroatoms. The number of amides is 2. The minimum Gasteiger partial charge on any atom is -0.360 e. The van der Waals surface area contributed by atoms with Crippen LogP contribution in [0, 0.1) is 6.92 Å². The molecule has 0 fully saturated rings. The van der Waals surface area contributed by atoms with Crippen LogP contribution in [0.2, 0.25) is 5.02 Å². The second-order valence-corrected chi connectivity index (χ2v) is 6.28. The minimum atomic E-state index is -0.277. The number of benzene rings is 2. The first-order valence-electron chi connectivity index (χ1n) is 7.84. The molecule has 2 amide bonds. The number of nitrogens with zero attached hydrogens (tertiary/aromatic N) is 1. The van der Waals surface area contributed by atoms with Gasteiger partial charge in [-0.25, -0.2) is 0 Å². The SMILES string of the molecule is Cc1c(Cl)cccc1NC(=O)CN(C)C(=O)c1c[nH]c2ccccc12. The van der Waals surface area contributed by atoms with Crippen LogP contribution >= 0.6 is 11.6 Å². The van der Waals surface area contributed by atoms with E-state index in [9.17, 15) is 9.59 Å². The molecule has 0 saturated carbocycles. The molecule has 128 valence electrons. The number of likely N-dealkylation sites (N-methyl/N-ethyl adjacent to an activating group) is 1. The van der Waals surface area contributed by atoms with Crippen molar-refractivity contribution in [1.29, 1.82) is 0 Å². The van der Waals surface area contributed by atoms with Crippen LogP contribution in [0.1, 0.15) is 15.9 Å². The number of H-pyrrole nitrogens is 1. The van der Waals surface area contributed by atoms with Gasteiger partial charge in [-0.15, -0.1) is 0 Å². The normalized spacial score (nSPS) is 10.7. The summed E-state index contributed by atoms with van der Waals surface area (Å²) in [6.07, 6.45) is 1.67. The van der Waals surface area contributed by atoms with E-state index >= 15 is 0 Å². The van der Waals surface area contributed by atoms with Gasteiger partial charge in [0, 0.05) is 34.9 Å². The van der Waals surface area contributed by atoms with Crippen molar-refractivity contribution in [3.05, 3.63) is 64.8 Å². The third kappa shape index (κ3) is 3.51. The van der Waals surface area contributed by atoms with Crippen molar-refractivity contribution >= 4 is 40.0 Å². The number of halogens is 1. The highest BCUT2D eigenvalue weighted by atomic mass is 35.5. The molecule has 0 atom stereocenters. The molecule has 0 aliphatic rings. The third-order valence-corrected chi connectivity index (χ3v) is 4.50. The van der Waals surface area contributed by atoms with Gasteiger partial charge in [-0.2, -0.15) is 0 Å². The smallest absolute Gasteiger partial charge is 0.256 e. The summed E-state index contributed by atoms with van der Waals surface area (Å²) in [5.41, 5.74) is 2.87. The summed E-state index contributed by atoms with van der Waals surface area (Å²) >= 11 is 6.06. The largest absolute Gasteiger partial charge is 0.360 e. The zero-order chi connectivity index (χ0) is 18.0. The number of hydrogen-bond donors (Lipinski definition) is 2. The Morgan fingerprint density at radius 1 is 1.16 bits per heavy atom. The van der Waals surface area contributed by atoms with Crippen LogP contribution in [0.25, 0.3) is 10.9 Å². The monoisotopic (exact) mass is 355 g/mol. The highest BCUT2D eigenvalue weighted by Crippen LogP contribution is 2.23. The molecule has 0 aliphatic carbocycles. The van der Waals surface area contributed by atoms with Gasteiger partial charge >= 0.3 is 0 Å². The number of hydrogen-bond acceptors (Lipinski definition) is 2. The van der Waals surface area contributed by atoms with E-state index in [1.165, 1.54) is 4.90 Å². The number of carbonyl (C=O) groups excluding carboxylic acids is 2. The summed E-state index contributed by atoms with van der Waals surface area (Å²) < 4.78 is 0. The van der Waals surface area contributed by atoms with Crippen LogP contribution in [0.3, 0.4) is 0 Å². The Kier molecular flexibility index (Phi) is 4.76. The van der Waals surface area contributed by atoms with Crippen molar-refractivity contribution in [3.63, 3.8) is 0 Å². The first kappa shape index (κ1) is 17.0. The number of aromatic amines is 1. The fourth-order valence-electron chi connectivity index (χ4n) is 2.67. The Hall–Kier alpha value is -2.79. The van der Waals surface area contributed by atoms with Crippen LogP contribution < -0.4 is 5.32 Å². The van der Waals surface area contributed by atoms with Gasteiger partial charge in [0.15, 0.2) is 0 Å². The van der Waals surface area contributed by atoms with Crippen molar-refractivity contribution in [2.45, 2.75) is 6.92 Å². The van der Waals surface area contributed by atoms with Crippen LogP contribution in [-0.2, 0) is 4.79 Å². The molecule has 3 aromatic rings. The summed E-state index contributed by atoms with van der Waals surface area (Å²) in [5.74, 6) is -0.489. The molecule has 2 N–H and O–H groups in total. The maximum Gasteiger partial charge on any atom is 0.256 e. The number of para-hydroxylation sites is 1. The quantitative estimate of drug-likeness (QED) is 0.746. The fraction of sp³-hybridized carbons (Fsp3) is 0.158. The van der Waals surface area contributed by atoms with Crippen molar-refractivity contribution < 1.29 is 9.59 Å². The van der Waals surface area contributed by atoms with E-state index < -0.39 is 0 Å². The molecule has 0 saturated heterocycles. The Labute approximate surface area is 150 Å². The number of rotatable bonds is 4. The van der Waals surface area contributed by atoms with Crippen molar-refractivity contribution in [2.75, 3.05) is 18.9 Å². The van der Waals surface area contributed by atoms with Crippen LogP contribution in [0.5, 0.6) is 0 Å². The van der Waals surface area contributed by atoms with Gasteiger partial charge in [-0.05, 0) is 30.7 Å². The van der Waals surface area contributed by atoms with E-state index in [1.807, 2.05) is 31.2 Å². The van der Waals surface area contributed by atoms with E-state index in [0.717, 1.165) is 16.5 Å². The van der Waals surface area contributed by atoms with Crippen LogP contribution in [0.15, 0.2) is 48.7 Å². The van der Waals surface area contributed by atoms with Gasteiger partial charge in [0.05, 0.1) is 12.1 Å². The number of anilines is 1. The van der Waals surface area contributed by atoms with E-state index in [1.54, 1.807) is 31.4 Å². The van der Waals surface area contributed by atoms with E-state index in [0.29, 0.717) is 16.3 Å². The van der Waals surface area contributed by atoms with Crippen LogP contribution in [-0.4, -0.2) is 35.3 Å². The first-order chi connectivity index (χ1) is 12.0. The van der Waals surface area contributed by atoms with Crippen molar-refractivity contribution in [3.8, 4) is 0 Å². The third-order valence-electron chi connectivity index (χ3n) is 4.09. The lowest BCUT2D eigenvalue weighted by Gasteiger charge is -2.17. The highest BCUT2D eigenvalue weighted by Gasteiger charge is 2.18. The highest BCUT2D eigenvalue weighted by molar-refractivity contribution is 6.31. The lowest BCUT2D eigenvalue weighted by molar-refractivity contribution is -0.116. The summed E-state index contributed by atoms with van der Waals surface area (Å²) in [6.45, 7) is 1.78. The predicted octanol–water partition coefficient (Wildman–Crippen LogP) is 3.84. The Balaban J connectivity index is 1.71. The van der Waals surface area contributed by atoms with Gasteiger partial charge in [0.2, 0.25) is 5.91 Å². The van der Waals surface area contributed by atoms with Gasteiger partial charge in [-0.3, -0.25) is 9.59 Å². The molecule has 3 rings (SSSR count). The molecule has 0 spiro atoms. The molecular formula is C19H18ClN3O2. The average Bonchev–Trinajstić information content (AvgIpc) is 3.02. The average molecular weight is 356 g/mol. The minimum absolute atomic E-state index is 0.0513. The lowest BCUT2D eigenvalue weighted by atomic mass is 10.1. The Morgan fingerprint density at radius 3 is 2.72 bits per heavy atom. The molecule has 25 heavy (non-hydrogen) atoms. The molecule has 2 aromatic carbocycles. The van der Waals surface area contributed by atoms with Gasteiger partial charge in [-0.1, -0.05) is 35.9 Å². The van der Waals surface area contributed by atoms with Gasteiger partial charge < -0.3 is 15.2 Å². The summed E-state index contributed by atoms with van der Waals surface area (Å²) in [7, 11) is 1.61. The van der Waals surface area contributed by atoms with E-state index in [2.05, 4.69) is 10.3 Å². The Morgan fingerprint density at radius 2 is 1.92 bits per heavy atom. The maximum atomic E-state index is 12.6. The summed E-state index contributed by atoms with van der Waals surface area (Å²) in [6, 6.07) is 12.9. The fourth-order valence-corrected chi connectivity index (χ4v) is 2.85. The van der Waals surface area contributed by atoms with Gasteiger partial charge in [0.1, 0.15) is 0 Å². The zero-order valence-electron chi connectivity index (χ0n) is 14.0.